The number of benzene rings is 1. The molecule has 0 saturated carbocycles. The normalized spacial score (nSPS) is 11.4. The standard InChI is InChI=1S/C20H28N4O/c1-14(2)10-12-21-19-22-13-11-17(24-19)18(25)23-16-8-6-15(7-9-16)20(3,4)5/h6-9,11,13-14H,10,12H2,1-5H3,(H,23,25)(H,21,22,24). The summed E-state index contributed by atoms with van der Waals surface area (Å²) in [6, 6.07) is 9.53. The molecule has 5 heteroatoms. The van der Waals surface area contributed by atoms with E-state index in [2.05, 4.69) is 55.2 Å². The lowest BCUT2D eigenvalue weighted by atomic mass is 9.87. The average molecular weight is 340 g/mol. The van der Waals surface area contributed by atoms with E-state index in [1.165, 1.54) is 5.56 Å². The molecule has 25 heavy (non-hydrogen) atoms. The van der Waals surface area contributed by atoms with Crippen molar-refractivity contribution in [3.63, 3.8) is 0 Å². The van der Waals surface area contributed by atoms with Crippen LogP contribution in [0.4, 0.5) is 11.6 Å². The molecule has 5 nitrogen and oxygen atoms in total. The van der Waals surface area contributed by atoms with Gasteiger partial charge in [0, 0.05) is 18.4 Å². The molecule has 1 aromatic carbocycles. The number of amides is 1. The van der Waals surface area contributed by atoms with Gasteiger partial charge in [-0.05, 0) is 41.5 Å². The fourth-order valence-corrected chi connectivity index (χ4v) is 2.29. The molecule has 0 atom stereocenters. The van der Waals surface area contributed by atoms with Gasteiger partial charge in [0.05, 0.1) is 0 Å². The van der Waals surface area contributed by atoms with Crippen molar-refractivity contribution < 1.29 is 4.79 Å². The van der Waals surface area contributed by atoms with Crippen molar-refractivity contribution in [2.45, 2.75) is 46.5 Å². The van der Waals surface area contributed by atoms with Crippen LogP contribution in [0.2, 0.25) is 0 Å². The zero-order chi connectivity index (χ0) is 18.4. The van der Waals surface area contributed by atoms with E-state index < -0.39 is 0 Å². The third-order valence-electron chi connectivity index (χ3n) is 3.90. The second kappa shape index (κ2) is 8.10. The summed E-state index contributed by atoms with van der Waals surface area (Å²) in [5.41, 5.74) is 2.42. The largest absolute Gasteiger partial charge is 0.354 e. The van der Waals surface area contributed by atoms with Crippen LogP contribution in [0, 0.1) is 5.92 Å². The van der Waals surface area contributed by atoms with Gasteiger partial charge >= 0.3 is 0 Å². The Labute approximate surface area is 150 Å². The van der Waals surface area contributed by atoms with E-state index in [-0.39, 0.29) is 11.3 Å². The molecule has 0 unspecified atom stereocenters. The summed E-state index contributed by atoms with van der Waals surface area (Å²) in [5, 5.41) is 6.04. The first-order valence-electron chi connectivity index (χ1n) is 8.74. The minimum Gasteiger partial charge on any atom is -0.354 e. The third-order valence-corrected chi connectivity index (χ3v) is 3.90. The number of rotatable bonds is 6. The predicted octanol–water partition coefficient (Wildman–Crippen LogP) is 4.48. The van der Waals surface area contributed by atoms with Gasteiger partial charge in [-0.3, -0.25) is 4.79 Å². The van der Waals surface area contributed by atoms with Crippen LogP contribution in [-0.2, 0) is 5.41 Å². The lowest BCUT2D eigenvalue weighted by Crippen LogP contribution is -2.16. The number of aromatic nitrogens is 2. The van der Waals surface area contributed by atoms with Crippen LogP contribution in [0.5, 0.6) is 0 Å². The highest BCUT2D eigenvalue weighted by molar-refractivity contribution is 6.02. The van der Waals surface area contributed by atoms with Crippen LogP contribution in [0.25, 0.3) is 0 Å². The molecule has 0 aliphatic heterocycles. The monoisotopic (exact) mass is 340 g/mol. The quantitative estimate of drug-likeness (QED) is 0.813. The average Bonchev–Trinajstić information content (AvgIpc) is 2.54. The van der Waals surface area contributed by atoms with Crippen LogP contribution in [0.1, 0.15) is 57.1 Å². The Balaban J connectivity index is 2.00. The number of hydrogen-bond donors (Lipinski definition) is 2. The molecule has 1 aromatic heterocycles. The fraction of sp³-hybridized carbons (Fsp3) is 0.450. The molecule has 134 valence electrons. The first-order chi connectivity index (χ1) is 11.8. The first kappa shape index (κ1) is 18.9. The minimum absolute atomic E-state index is 0.0890. The van der Waals surface area contributed by atoms with Gasteiger partial charge in [-0.1, -0.05) is 46.8 Å². The topological polar surface area (TPSA) is 66.9 Å². The van der Waals surface area contributed by atoms with E-state index in [0.717, 1.165) is 18.7 Å². The molecular formula is C20H28N4O. The third kappa shape index (κ3) is 5.85. The second-order valence-corrected chi connectivity index (χ2v) is 7.66. The number of anilines is 2. The molecule has 2 rings (SSSR count). The van der Waals surface area contributed by atoms with Gasteiger partial charge in [0.25, 0.3) is 5.91 Å². The molecule has 0 aliphatic rings. The summed E-state index contributed by atoms with van der Waals surface area (Å²) >= 11 is 0. The van der Waals surface area contributed by atoms with Gasteiger partial charge in [-0.25, -0.2) is 9.97 Å². The number of nitrogens with one attached hydrogen (secondary N) is 2. The van der Waals surface area contributed by atoms with Gasteiger partial charge in [0.15, 0.2) is 0 Å². The van der Waals surface area contributed by atoms with Crippen LogP contribution in [0.3, 0.4) is 0 Å². The molecule has 2 aromatic rings. The van der Waals surface area contributed by atoms with E-state index in [1.54, 1.807) is 12.3 Å². The highest BCUT2D eigenvalue weighted by Crippen LogP contribution is 2.23. The predicted molar refractivity (Wildman–Crippen MR) is 103 cm³/mol. The SMILES string of the molecule is CC(C)CCNc1nccc(C(=O)Nc2ccc(C(C)(C)C)cc2)n1. The summed E-state index contributed by atoms with van der Waals surface area (Å²) in [4.78, 5) is 20.9. The Bertz CT molecular complexity index is 702. The highest BCUT2D eigenvalue weighted by Gasteiger charge is 2.14. The zero-order valence-electron chi connectivity index (χ0n) is 15.8. The lowest BCUT2D eigenvalue weighted by Gasteiger charge is -2.19. The Kier molecular flexibility index (Phi) is 6.12. The molecule has 0 fully saturated rings. The summed E-state index contributed by atoms with van der Waals surface area (Å²) in [5.74, 6) is 0.851. The van der Waals surface area contributed by atoms with E-state index in [0.29, 0.717) is 17.6 Å². The molecule has 0 spiro atoms. The van der Waals surface area contributed by atoms with Crippen LogP contribution >= 0.6 is 0 Å². The number of hydrogen-bond acceptors (Lipinski definition) is 4. The Morgan fingerprint density at radius 2 is 1.80 bits per heavy atom. The summed E-state index contributed by atoms with van der Waals surface area (Å²) in [6.45, 7) is 11.6. The van der Waals surface area contributed by atoms with Crippen molar-refractivity contribution in [3.05, 3.63) is 47.8 Å². The number of nitrogens with zero attached hydrogens (tertiary/aromatic N) is 2. The van der Waals surface area contributed by atoms with Crippen LogP contribution < -0.4 is 10.6 Å². The molecule has 1 amide bonds. The van der Waals surface area contributed by atoms with Crippen molar-refractivity contribution in [2.24, 2.45) is 5.92 Å². The Morgan fingerprint density at radius 3 is 2.40 bits per heavy atom. The van der Waals surface area contributed by atoms with Crippen molar-refractivity contribution in [1.82, 2.24) is 9.97 Å². The maximum atomic E-state index is 12.4. The minimum atomic E-state index is -0.238. The van der Waals surface area contributed by atoms with Crippen LogP contribution in [0.15, 0.2) is 36.5 Å². The summed E-state index contributed by atoms with van der Waals surface area (Å²) in [7, 11) is 0. The zero-order valence-corrected chi connectivity index (χ0v) is 15.8. The first-order valence-corrected chi connectivity index (χ1v) is 8.74. The van der Waals surface area contributed by atoms with Crippen molar-refractivity contribution in [2.75, 3.05) is 17.2 Å². The van der Waals surface area contributed by atoms with E-state index in [4.69, 9.17) is 0 Å². The van der Waals surface area contributed by atoms with Gasteiger partial charge < -0.3 is 10.6 Å². The van der Waals surface area contributed by atoms with Gasteiger partial charge in [-0.15, -0.1) is 0 Å². The summed E-state index contributed by atoms with van der Waals surface area (Å²) < 4.78 is 0. The number of carbonyl (C=O) groups is 1. The van der Waals surface area contributed by atoms with Crippen LogP contribution in [-0.4, -0.2) is 22.4 Å². The molecule has 0 bridgehead atoms. The maximum absolute atomic E-state index is 12.4. The van der Waals surface area contributed by atoms with Gasteiger partial charge in [0.1, 0.15) is 5.69 Å². The summed E-state index contributed by atoms with van der Waals surface area (Å²) in [6.07, 6.45) is 2.63. The molecule has 0 saturated heterocycles. The number of carbonyl (C=O) groups excluding carboxylic acids is 1. The van der Waals surface area contributed by atoms with Crippen molar-refractivity contribution in [1.29, 1.82) is 0 Å². The second-order valence-electron chi connectivity index (χ2n) is 7.66. The van der Waals surface area contributed by atoms with Gasteiger partial charge in [0.2, 0.25) is 5.95 Å². The van der Waals surface area contributed by atoms with Crippen molar-refractivity contribution >= 4 is 17.5 Å². The lowest BCUT2D eigenvalue weighted by molar-refractivity contribution is 0.102. The molecule has 2 N–H and O–H groups in total. The van der Waals surface area contributed by atoms with E-state index in [9.17, 15) is 4.79 Å². The van der Waals surface area contributed by atoms with E-state index >= 15 is 0 Å². The fourth-order valence-electron chi connectivity index (χ4n) is 2.29. The van der Waals surface area contributed by atoms with Gasteiger partial charge in [-0.2, -0.15) is 0 Å². The maximum Gasteiger partial charge on any atom is 0.274 e. The van der Waals surface area contributed by atoms with Crippen molar-refractivity contribution in [3.8, 4) is 0 Å². The smallest absolute Gasteiger partial charge is 0.274 e. The molecule has 0 aliphatic carbocycles. The molecule has 0 radical (unpaired) electrons. The Morgan fingerprint density at radius 1 is 1.12 bits per heavy atom. The highest BCUT2D eigenvalue weighted by atomic mass is 16.1. The molecule has 1 heterocycles. The Hall–Kier alpha value is -2.43. The molecular weight excluding hydrogens is 312 g/mol. The van der Waals surface area contributed by atoms with E-state index in [1.807, 2.05) is 24.3 Å².